The monoisotopic (exact) mass is 429 g/mol. The van der Waals surface area contributed by atoms with Gasteiger partial charge in [-0.3, -0.25) is 9.78 Å². The SMILES string of the molecule is O=C(NN=Cc1c(OC(=O)c2ccccc2Cl)ccc2ccccc12)c1cccnc1. The summed E-state index contributed by atoms with van der Waals surface area (Å²) in [5.41, 5.74) is 3.64. The number of esters is 1. The summed E-state index contributed by atoms with van der Waals surface area (Å²) in [4.78, 5) is 28.8. The first-order valence-electron chi connectivity index (χ1n) is 9.35. The third-order valence-electron chi connectivity index (χ3n) is 4.51. The molecule has 1 amide bonds. The largest absolute Gasteiger partial charge is 0.422 e. The molecule has 0 unspecified atom stereocenters. The number of rotatable bonds is 5. The molecule has 0 bridgehead atoms. The molecule has 0 atom stereocenters. The predicted octanol–water partition coefficient (Wildman–Crippen LogP) is 4.87. The number of benzene rings is 3. The van der Waals surface area contributed by atoms with Gasteiger partial charge in [0.25, 0.3) is 5.91 Å². The molecule has 0 saturated heterocycles. The van der Waals surface area contributed by atoms with Crippen molar-refractivity contribution in [1.82, 2.24) is 10.4 Å². The van der Waals surface area contributed by atoms with Gasteiger partial charge < -0.3 is 4.74 Å². The number of halogens is 1. The van der Waals surface area contributed by atoms with Crippen LogP contribution in [0.5, 0.6) is 5.75 Å². The molecule has 6 nitrogen and oxygen atoms in total. The van der Waals surface area contributed by atoms with Crippen molar-refractivity contribution in [3.63, 3.8) is 0 Å². The fraction of sp³-hybridized carbons (Fsp3) is 0. The summed E-state index contributed by atoms with van der Waals surface area (Å²) in [5, 5.41) is 6.10. The van der Waals surface area contributed by atoms with Crippen LogP contribution in [0.4, 0.5) is 0 Å². The fourth-order valence-corrected chi connectivity index (χ4v) is 3.21. The molecule has 152 valence electrons. The predicted molar refractivity (Wildman–Crippen MR) is 120 cm³/mol. The first-order chi connectivity index (χ1) is 15.1. The van der Waals surface area contributed by atoms with E-state index in [1.165, 1.54) is 12.4 Å². The molecule has 1 aromatic heterocycles. The molecule has 0 radical (unpaired) electrons. The first kappa shape index (κ1) is 20.3. The number of fused-ring (bicyclic) bond motifs is 1. The molecule has 0 aliphatic heterocycles. The zero-order valence-corrected chi connectivity index (χ0v) is 16.9. The van der Waals surface area contributed by atoms with Gasteiger partial charge in [0, 0.05) is 18.0 Å². The molecule has 0 fully saturated rings. The molecular formula is C24H16ClN3O3. The molecule has 0 aliphatic carbocycles. The normalized spacial score (nSPS) is 10.9. The van der Waals surface area contributed by atoms with Crippen LogP contribution >= 0.6 is 11.6 Å². The molecule has 4 aromatic rings. The maximum absolute atomic E-state index is 12.7. The number of amides is 1. The van der Waals surface area contributed by atoms with E-state index in [4.69, 9.17) is 16.3 Å². The van der Waals surface area contributed by atoms with E-state index >= 15 is 0 Å². The summed E-state index contributed by atoms with van der Waals surface area (Å²) in [5.74, 6) is -0.697. The number of carbonyl (C=O) groups excluding carboxylic acids is 2. The van der Waals surface area contributed by atoms with Gasteiger partial charge in [-0.1, -0.05) is 54.1 Å². The number of nitrogens with one attached hydrogen (secondary N) is 1. The average molecular weight is 430 g/mol. The topological polar surface area (TPSA) is 80.6 Å². The standard InChI is InChI=1S/C24H16ClN3O3/c25-21-10-4-3-9-19(21)24(30)31-22-12-11-16-6-1-2-8-18(16)20(22)15-27-28-23(29)17-7-5-13-26-14-17/h1-15H,(H,28,29). The Balaban J connectivity index is 1.65. The Morgan fingerprint density at radius 1 is 0.968 bits per heavy atom. The van der Waals surface area contributed by atoms with Crippen LogP contribution in [-0.4, -0.2) is 23.1 Å². The van der Waals surface area contributed by atoms with Gasteiger partial charge in [-0.2, -0.15) is 5.10 Å². The second-order valence-corrected chi connectivity index (χ2v) is 6.92. The first-order valence-corrected chi connectivity index (χ1v) is 9.73. The van der Waals surface area contributed by atoms with Crippen LogP contribution in [0.1, 0.15) is 26.3 Å². The molecule has 4 rings (SSSR count). The Bertz CT molecular complexity index is 1290. The summed E-state index contributed by atoms with van der Waals surface area (Å²) in [6, 6.07) is 21.1. The third kappa shape index (κ3) is 4.60. The zero-order chi connectivity index (χ0) is 21.6. The van der Waals surface area contributed by atoms with Gasteiger partial charge in [0.2, 0.25) is 0 Å². The quantitative estimate of drug-likeness (QED) is 0.212. The minimum atomic E-state index is -0.588. The number of hydrogen-bond acceptors (Lipinski definition) is 5. The second kappa shape index (κ2) is 9.19. The molecule has 1 N–H and O–H groups in total. The highest BCUT2D eigenvalue weighted by Gasteiger charge is 2.15. The fourth-order valence-electron chi connectivity index (χ4n) is 3.00. The minimum absolute atomic E-state index is 0.255. The van der Waals surface area contributed by atoms with E-state index in [2.05, 4.69) is 15.5 Å². The molecule has 0 aliphatic rings. The van der Waals surface area contributed by atoms with Crippen LogP contribution in [0.15, 0.2) is 90.3 Å². The van der Waals surface area contributed by atoms with Crippen LogP contribution < -0.4 is 10.2 Å². The lowest BCUT2D eigenvalue weighted by Gasteiger charge is -2.11. The number of hydrazone groups is 1. The van der Waals surface area contributed by atoms with Gasteiger partial charge >= 0.3 is 5.97 Å². The van der Waals surface area contributed by atoms with Crippen LogP contribution in [0.25, 0.3) is 10.8 Å². The number of carbonyl (C=O) groups is 2. The summed E-state index contributed by atoms with van der Waals surface area (Å²) < 4.78 is 5.63. The van der Waals surface area contributed by atoms with Crippen molar-refractivity contribution in [2.24, 2.45) is 5.10 Å². The van der Waals surface area contributed by atoms with Crippen molar-refractivity contribution in [3.05, 3.63) is 107 Å². The molecular weight excluding hydrogens is 414 g/mol. The van der Waals surface area contributed by atoms with Gasteiger partial charge in [0.05, 0.1) is 22.4 Å². The summed E-state index contributed by atoms with van der Waals surface area (Å²) in [6.45, 7) is 0. The maximum atomic E-state index is 12.7. The average Bonchev–Trinajstić information content (AvgIpc) is 2.81. The van der Waals surface area contributed by atoms with E-state index in [-0.39, 0.29) is 5.56 Å². The smallest absolute Gasteiger partial charge is 0.345 e. The van der Waals surface area contributed by atoms with Crippen LogP contribution in [0, 0.1) is 0 Å². The van der Waals surface area contributed by atoms with Gasteiger partial charge in [-0.05, 0) is 41.1 Å². The summed E-state index contributed by atoms with van der Waals surface area (Å²) in [6.07, 6.45) is 4.47. The van der Waals surface area contributed by atoms with Crippen molar-refractivity contribution < 1.29 is 14.3 Å². The molecule has 0 spiro atoms. The Morgan fingerprint density at radius 2 is 1.77 bits per heavy atom. The minimum Gasteiger partial charge on any atom is -0.422 e. The second-order valence-electron chi connectivity index (χ2n) is 6.51. The van der Waals surface area contributed by atoms with E-state index in [9.17, 15) is 9.59 Å². The van der Waals surface area contributed by atoms with Crippen molar-refractivity contribution in [3.8, 4) is 5.75 Å². The number of ether oxygens (including phenoxy) is 1. The maximum Gasteiger partial charge on any atom is 0.345 e. The van der Waals surface area contributed by atoms with Crippen LogP contribution in [-0.2, 0) is 0 Å². The Labute approximate surface area is 183 Å². The number of pyridine rings is 1. The Morgan fingerprint density at radius 3 is 2.58 bits per heavy atom. The lowest BCUT2D eigenvalue weighted by Crippen LogP contribution is -2.18. The van der Waals surface area contributed by atoms with E-state index in [0.717, 1.165) is 10.8 Å². The van der Waals surface area contributed by atoms with Gasteiger partial charge in [0.1, 0.15) is 5.75 Å². The number of aromatic nitrogens is 1. The Hall–Kier alpha value is -4.03. The van der Waals surface area contributed by atoms with Crippen molar-refractivity contribution in [2.45, 2.75) is 0 Å². The van der Waals surface area contributed by atoms with Crippen molar-refractivity contribution in [1.29, 1.82) is 0 Å². The highest BCUT2D eigenvalue weighted by Crippen LogP contribution is 2.28. The summed E-state index contributed by atoms with van der Waals surface area (Å²) in [7, 11) is 0. The zero-order valence-electron chi connectivity index (χ0n) is 16.2. The lowest BCUT2D eigenvalue weighted by molar-refractivity contribution is 0.0734. The van der Waals surface area contributed by atoms with E-state index < -0.39 is 11.9 Å². The van der Waals surface area contributed by atoms with Crippen molar-refractivity contribution in [2.75, 3.05) is 0 Å². The molecule has 3 aromatic carbocycles. The number of hydrogen-bond donors (Lipinski definition) is 1. The third-order valence-corrected chi connectivity index (χ3v) is 4.84. The molecule has 7 heteroatoms. The van der Waals surface area contributed by atoms with Crippen LogP contribution in [0.2, 0.25) is 5.02 Å². The van der Waals surface area contributed by atoms with Crippen LogP contribution in [0.3, 0.4) is 0 Å². The molecule has 31 heavy (non-hydrogen) atoms. The highest BCUT2D eigenvalue weighted by atomic mass is 35.5. The lowest BCUT2D eigenvalue weighted by atomic mass is 10.0. The van der Waals surface area contributed by atoms with Gasteiger partial charge in [-0.25, -0.2) is 10.2 Å². The van der Waals surface area contributed by atoms with Gasteiger partial charge in [-0.15, -0.1) is 0 Å². The van der Waals surface area contributed by atoms with E-state index in [1.54, 1.807) is 48.7 Å². The Kier molecular flexibility index (Phi) is 6.01. The molecule has 0 saturated carbocycles. The summed E-state index contributed by atoms with van der Waals surface area (Å²) >= 11 is 6.12. The van der Waals surface area contributed by atoms with E-state index in [1.807, 2.05) is 30.3 Å². The van der Waals surface area contributed by atoms with Gasteiger partial charge in [0.15, 0.2) is 0 Å². The van der Waals surface area contributed by atoms with Crippen molar-refractivity contribution >= 4 is 40.5 Å². The highest BCUT2D eigenvalue weighted by molar-refractivity contribution is 6.33. The number of nitrogens with zero attached hydrogens (tertiary/aromatic N) is 2. The molecule has 1 heterocycles. The van der Waals surface area contributed by atoms with E-state index in [0.29, 0.717) is 21.9 Å².